The molecule has 0 unspecified atom stereocenters. The molecule has 0 aliphatic heterocycles. The van der Waals surface area contributed by atoms with Crippen molar-refractivity contribution in [3.8, 4) is 0 Å². The summed E-state index contributed by atoms with van der Waals surface area (Å²) in [5.41, 5.74) is 1.79. The van der Waals surface area contributed by atoms with E-state index in [-0.39, 0.29) is 4.90 Å². The molecule has 9 heteroatoms. The fraction of sp³-hybridized carbons (Fsp3) is 0.0323. The zero-order chi connectivity index (χ0) is 28.1. The van der Waals surface area contributed by atoms with Crippen LogP contribution < -0.4 is 10.0 Å². The first-order valence-electron chi connectivity index (χ1n) is 12.5. The highest BCUT2D eigenvalue weighted by Gasteiger charge is 2.52. The Morgan fingerprint density at radius 1 is 0.625 bits per heavy atom. The van der Waals surface area contributed by atoms with Crippen LogP contribution in [0, 0.1) is 0 Å². The topological polar surface area (TPSA) is 78.5 Å². The van der Waals surface area contributed by atoms with Gasteiger partial charge in [0.15, 0.2) is 0 Å². The summed E-state index contributed by atoms with van der Waals surface area (Å²) in [6, 6.07) is 42.9. The van der Waals surface area contributed by atoms with Crippen LogP contribution in [0.1, 0.15) is 0 Å². The Bertz CT molecular complexity index is 1710. The standard InChI is InChI=1S/C31H29N3O3S3/c1-34(39(35,36)29-22-12-5-13-23-29)40(37,33-27-18-8-3-9-19-27,38-28-20-10-4-11-21-28)31-25-15-14-24-30(31)32-26-16-6-2-7-17-26/h2-25,32H,1H3,(H,33,37). The van der Waals surface area contributed by atoms with Gasteiger partial charge in [-0.25, -0.2) is 12.6 Å². The van der Waals surface area contributed by atoms with Crippen molar-refractivity contribution in [3.05, 3.63) is 146 Å². The molecule has 0 radical (unpaired) electrons. The fourth-order valence-electron chi connectivity index (χ4n) is 4.22. The van der Waals surface area contributed by atoms with E-state index in [1.807, 2.05) is 84.9 Å². The number of hydrogen-bond acceptors (Lipinski definition) is 5. The van der Waals surface area contributed by atoms with Crippen molar-refractivity contribution < 1.29 is 12.6 Å². The number of rotatable bonds is 10. The largest absolute Gasteiger partial charge is 0.354 e. The van der Waals surface area contributed by atoms with Crippen molar-refractivity contribution in [3.63, 3.8) is 0 Å². The number of benzene rings is 5. The molecule has 0 bridgehead atoms. The van der Waals surface area contributed by atoms with Gasteiger partial charge in [0.25, 0.3) is 10.0 Å². The molecule has 0 saturated carbocycles. The van der Waals surface area contributed by atoms with Crippen LogP contribution in [0.3, 0.4) is 0 Å². The number of hydrogen-bond donors (Lipinski definition) is 2. The summed E-state index contributed by atoms with van der Waals surface area (Å²) in [5.74, 6) is 0. The van der Waals surface area contributed by atoms with E-state index >= 15 is 4.21 Å². The molecule has 0 amide bonds. The number of anilines is 3. The molecule has 0 atom stereocenters. The third kappa shape index (κ3) is 5.41. The van der Waals surface area contributed by atoms with Crippen LogP contribution >= 0.6 is 10.8 Å². The van der Waals surface area contributed by atoms with Gasteiger partial charge in [-0.1, -0.05) is 84.9 Å². The van der Waals surface area contributed by atoms with Crippen LogP contribution in [0.2, 0.25) is 0 Å². The average molecular weight is 588 g/mol. The molecule has 0 saturated heterocycles. The predicted octanol–water partition coefficient (Wildman–Crippen LogP) is 7.58. The van der Waals surface area contributed by atoms with Crippen molar-refractivity contribution in [2.45, 2.75) is 14.7 Å². The lowest BCUT2D eigenvalue weighted by Crippen LogP contribution is -2.54. The maximum absolute atomic E-state index is 16.4. The highest BCUT2D eigenvalue weighted by atomic mass is 33.2. The zero-order valence-electron chi connectivity index (χ0n) is 21.8. The quantitative estimate of drug-likeness (QED) is 0.165. The van der Waals surface area contributed by atoms with E-state index in [2.05, 4.69) is 10.0 Å². The molecule has 2 N–H and O–H groups in total. The SMILES string of the molecule is CN(S(=O)(=O)c1ccccc1)S(=O)(Nc1ccccc1)(Sc1ccccc1)c1ccccc1Nc1ccccc1. The molecule has 40 heavy (non-hydrogen) atoms. The van der Waals surface area contributed by atoms with E-state index in [0.717, 1.165) is 20.2 Å². The van der Waals surface area contributed by atoms with E-state index in [1.54, 1.807) is 48.5 Å². The van der Waals surface area contributed by atoms with Crippen molar-refractivity contribution in [2.24, 2.45) is 0 Å². The summed E-state index contributed by atoms with van der Waals surface area (Å²) < 4.78 is 49.3. The van der Waals surface area contributed by atoms with Crippen LogP contribution in [0.5, 0.6) is 0 Å². The maximum atomic E-state index is 16.4. The lowest BCUT2D eigenvalue weighted by molar-refractivity contribution is 0.550. The van der Waals surface area contributed by atoms with Gasteiger partial charge in [-0.2, -0.15) is 0 Å². The molecule has 5 rings (SSSR count). The van der Waals surface area contributed by atoms with Gasteiger partial charge in [-0.3, -0.25) is 0 Å². The Kier molecular flexibility index (Phi) is 7.82. The van der Waals surface area contributed by atoms with Gasteiger partial charge in [0.1, 0.15) is 8.47 Å². The second-order valence-electron chi connectivity index (χ2n) is 8.91. The van der Waals surface area contributed by atoms with E-state index in [0.29, 0.717) is 21.2 Å². The molecule has 0 aromatic heterocycles. The molecule has 0 heterocycles. The third-order valence-corrected chi connectivity index (χ3v) is 15.9. The van der Waals surface area contributed by atoms with Gasteiger partial charge >= 0.3 is 0 Å². The highest BCUT2D eigenvalue weighted by Crippen LogP contribution is 2.56. The summed E-state index contributed by atoms with van der Waals surface area (Å²) in [6.07, 6.45) is 0. The second kappa shape index (κ2) is 11.3. The minimum Gasteiger partial charge on any atom is -0.354 e. The first-order chi connectivity index (χ1) is 19.3. The normalized spacial score (nSPS) is 12.8. The van der Waals surface area contributed by atoms with Gasteiger partial charge in [0, 0.05) is 23.3 Å². The first kappa shape index (κ1) is 27.7. The molecular weight excluding hydrogens is 559 g/mol. The predicted molar refractivity (Wildman–Crippen MR) is 166 cm³/mol. The number of para-hydroxylation sites is 3. The average Bonchev–Trinajstić information content (AvgIpc) is 2.99. The minimum atomic E-state index is -4.84. The van der Waals surface area contributed by atoms with Crippen molar-refractivity contribution >= 4 is 46.3 Å². The molecule has 5 aromatic carbocycles. The molecule has 0 fully saturated rings. The molecule has 204 valence electrons. The summed E-state index contributed by atoms with van der Waals surface area (Å²) in [6.45, 7) is 0. The van der Waals surface area contributed by atoms with Crippen LogP contribution in [0.4, 0.5) is 17.1 Å². The molecule has 0 aliphatic rings. The number of nitrogens with one attached hydrogen (secondary N) is 2. The Hall–Kier alpha value is -3.89. The summed E-state index contributed by atoms with van der Waals surface area (Å²) in [7, 11) is -6.75. The zero-order valence-corrected chi connectivity index (χ0v) is 24.2. The Morgan fingerprint density at radius 3 is 1.70 bits per heavy atom. The van der Waals surface area contributed by atoms with Crippen molar-refractivity contribution in [2.75, 3.05) is 17.1 Å². The lowest BCUT2D eigenvalue weighted by atomic mass is 10.3. The van der Waals surface area contributed by atoms with Gasteiger partial charge in [0.2, 0.25) is 0 Å². The minimum absolute atomic E-state index is 0.0355. The van der Waals surface area contributed by atoms with Crippen LogP contribution in [-0.2, 0) is 18.5 Å². The molecular formula is C31H29N3O3S3. The Balaban J connectivity index is 1.82. The van der Waals surface area contributed by atoms with E-state index < -0.39 is 18.5 Å². The monoisotopic (exact) mass is 587 g/mol. The van der Waals surface area contributed by atoms with Crippen LogP contribution in [0.25, 0.3) is 0 Å². The first-order valence-corrected chi connectivity index (χ1v) is 17.2. The number of sulfonamides is 1. The molecule has 6 nitrogen and oxygen atoms in total. The molecule has 0 aliphatic carbocycles. The van der Waals surface area contributed by atoms with Gasteiger partial charge in [0.05, 0.1) is 15.5 Å². The summed E-state index contributed by atoms with van der Waals surface area (Å²) >= 11 is 0. The van der Waals surface area contributed by atoms with E-state index in [9.17, 15) is 8.42 Å². The van der Waals surface area contributed by atoms with Crippen molar-refractivity contribution in [1.29, 1.82) is 0 Å². The van der Waals surface area contributed by atoms with Crippen molar-refractivity contribution in [1.82, 2.24) is 3.71 Å². The Morgan fingerprint density at radius 2 is 1.10 bits per heavy atom. The van der Waals surface area contributed by atoms with Crippen LogP contribution in [-0.4, -0.2) is 23.4 Å². The lowest BCUT2D eigenvalue weighted by Gasteiger charge is -2.49. The smallest absolute Gasteiger partial charge is 0.254 e. The summed E-state index contributed by atoms with van der Waals surface area (Å²) in [4.78, 5) is 0.962. The van der Waals surface area contributed by atoms with Gasteiger partial charge in [-0.05, 0) is 71.5 Å². The molecule has 5 aromatic rings. The maximum Gasteiger partial charge on any atom is 0.254 e. The van der Waals surface area contributed by atoms with E-state index in [1.165, 1.54) is 19.2 Å². The fourth-order valence-corrected chi connectivity index (χ4v) is 13.6. The highest BCUT2D eigenvalue weighted by molar-refractivity contribution is 8.86. The molecule has 0 spiro atoms. The second-order valence-corrected chi connectivity index (χ2v) is 17.0. The third-order valence-electron chi connectivity index (χ3n) is 6.24. The van der Waals surface area contributed by atoms with E-state index in [4.69, 9.17) is 0 Å². The van der Waals surface area contributed by atoms with Crippen LogP contribution in [0.15, 0.2) is 160 Å². The Labute approximate surface area is 239 Å². The van der Waals surface area contributed by atoms with Gasteiger partial charge < -0.3 is 10.0 Å². The van der Waals surface area contributed by atoms with Gasteiger partial charge in [-0.15, -0.1) is 3.71 Å². The summed E-state index contributed by atoms with van der Waals surface area (Å²) in [5, 5.41) is 3.37. The number of nitrogens with zero attached hydrogens (tertiary/aromatic N) is 1.